The molecule has 8 heteroatoms. The third kappa shape index (κ3) is 4.48. The lowest BCUT2D eigenvalue weighted by atomic mass is 10.2. The van der Waals surface area contributed by atoms with Gasteiger partial charge in [-0.3, -0.25) is 4.79 Å². The molecule has 0 saturated carbocycles. The first-order valence-corrected chi connectivity index (χ1v) is 10.1. The van der Waals surface area contributed by atoms with E-state index in [0.717, 1.165) is 21.3 Å². The van der Waals surface area contributed by atoms with E-state index in [1.54, 1.807) is 12.1 Å². The molecule has 0 aliphatic carbocycles. The second kappa shape index (κ2) is 8.24. The molecule has 3 aromatic rings. The van der Waals surface area contributed by atoms with Gasteiger partial charge in [0, 0.05) is 31.1 Å². The fourth-order valence-electron chi connectivity index (χ4n) is 3.07. The van der Waals surface area contributed by atoms with Gasteiger partial charge in [0.05, 0.1) is 6.54 Å². The van der Waals surface area contributed by atoms with Gasteiger partial charge in [0.15, 0.2) is 0 Å². The van der Waals surface area contributed by atoms with Crippen LogP contribution < -0.4 is 4.90 Å². The molecule has 2 aromatic carbocycles. The topological polar surface area (TPSA) is 49.3 Å². The Bertz CT molecular complexity index is 961. The van der Waals surface area contributed by atoms with Gasteiger partial charge >= 0.3 is 0 Å². The van der Waals surface area contributed by atoms with E-state index >= 15 is 0 Å². The molecule has 2 heterocycles. The van der Waals surface area contributed by atoms with E-state index in [9.17, 15) is 9.18 Å². The van der Waals surface area contributed by atoms with Gasteiger partial charge in [0.1, 0.15) is 10.8 Å². The molecule has 0 N–H and O–H groups in total. The molecule has 1 amide bonds. The van der Waals surface area contributed by atoms with Crippen LogP contribution in [0.5, 0.6) is 0 Å². The van der Waals surface area contributed by atoms with Crippen LogP contribution in [-0.4, -0.2) is 40.6 Å². The number of halogens is 2. The highest BCUT2D eigenvalue weighted by molar-refractivity contribution is 7.15. The number of anilines is 1. The van der Waals surface area contributed by atoms with Crippen LogP contribution in [0.25, 0.3) is 0 Å². The number of carbonyl (C=O) groups excluding carboxylic acids is 1. The van der Waals surface area contributed by atoms with E-state index in [-0.39, 0.29) is 11.7 Å². The largest absolute Gasteiger partial charge is 0.336 e. The molecular formula is C20H18ClFN4OS. The summed E-state index contributed by atoms with van der Waals surface area (Å²) in [6.45, 7) is 2.22. The Labute approximate surface area is 171 Å². The Morgan fingerprint density at radius 3 is 2.43 bits per heavy atom. The third-order valence-electron chi connectivity index (χ3n) is 4.60. The molecule has 28 heavy (non-hydrogen) atoms. The fraction of sp³-hybridized carbons (Fsp3) is 0.250. The van der Waals surface area contributed by atoms with Gasteiger partial charge in [0.25, 0.3) is 0 Å². The fourth-order valence-corrected chi connectivity index (χ4v) is 4.09. The van der Waals surface area contributed by atoms with Crippen molar-refractivity contribution < 1.29 is 9.18 Å². The van der Waals surface area contributed by atoms with Gasteiger partial charge in [-0.05, 0) is 35.4 Å². The first-order chi connectivity index (χ1) is 13.6. The summed E-state index contributed by atoms with van der Waals surface area (Å²) in [6, 6.07) is 13.9. The number of aromatic nitrogens is 2. The zero-order valence-electron chi connectivity index (χ0n) is 15.0. The Morgan fingerprint density at radius 2 is 1.71 bits per heavy atom. The SMILES string of the molecule is O=C1CN(c2nnc(Cc3ccc(F)cc3)s2)CCN1Cc1ccc(Cl)cc1. The Kier molecular flexibility index (Phi) is 5.54. The second-order valence-corrected chi connectivity index (χ2v) is 8.12. The predicted octanol–water partition coefficient (Wildman–Crippen LogP) is 3.77. The normalized spacial score (nSPS) is 14.6. The van der Waals surface area contributed by atoms with Crippen molar-refractivity contribution in [2.45, 2.75) is 13.0 Å². The number of benzene rings is 2. The van der Waals surface area contributed by atoms with Crippen LogP contribution in [-0.2, 0) is 17.8 Å². The monoisotopic (exact) mass is 416 g/mol. The highest BCUT2D eigenvalue weighted by Gasteiger charge is 2.26. The minimum absolute atomic E-state index is 0.0662. The van der Waals surface area contributed by atoms with Crippen molar-refractivity contribution in [1.82, 2.24) is 15.1 Å². The Balaban J connectivity index is 1.36. The maximum Gasteiger partial charge on any atom is 0.242 e. The quantitative estimate of drug-likeness (QED) is 0.635. The molecule has 0 bridgehead atoms. The Hall–Kier alpha value is -2.51. The van der Waals surface area contributed by atoms with Gasteiger partial charge in [-0.2, -0.15) is 0 Å². The maximum absolute atomic E-state index is 13.0. The van der Waals surface area contributed by atoms with Crippen molar-refractivity contribution in [2.75, 3.05) is 24.5 Å². The molecule has 0 atom stereocenters. The molecule has 0 unspecified atom stereocenters. The zero-order valence-corrected chi connectivity index (χ0v) is 16.6. The average molecular weight is 417 g/mol. The molecule has 144 valence electrons. The van der Waals surface area contributed by atoms with Crippen LogP contribution in [0.2, 0.25) is 5.02 Å². The summed E-state index contributed by atoms with van der Waals surface area (Å²) in [6.07, 6.45) is 0.600. The van der Waals surface area contributed by atoms with E-state index < -0.39 is 0 Å². The molecular weight excluding hydrogens is 399 g/mol. The number of hydrogen-bond donors (Lipinski definition) is 0. The molecule has 1 aromatic heterocycles. The van der Waals surface area contributed by atoms with E-state index in [4.69, 9.17) is 11.6 Å². The average Bonchev–Trinajstić information content (AvgIpc) is 3.15. The molecule has 1 aliphatic heterocycles. The van der Waals surface area contributed by atoms with E-state index in [0.29, 0.717) is 37.6 Å². The highest BCUT2D eigenvalue weighted by Crippen LogP contribution is 2.24. The van der Waals surface area contributed by atoms with E-state index in [2.05, 4.69) is 10.2 Å². The van der Waals surface area contributed by atoms with Gasteiger partial charge < -0.3 is 9.80 Å². The lowest BCUT2D eigenvalue weighted by molar-refractivity contribution is -0.131. The minimum atomic E-state index is -0.253. The Morgan fingerprint density at radius 1 is 1.00 bits per heavy atom. The van der Waals surface area contributed by atoms with Crippen LogP contribution >= 0.6 is 22.9 Å². The molecule has 5 nitrogen and oxygen atoms in total. The standard InChI is InChI=1S/C20H18ClFN4OS/c21-16-5-1-15(2-6-16)12-25-9-10-26(13-19(25)27)20-24-23-18(28-20)11-14-3-7-17(22)8-4-14/h1-8H,9-13H2. The summed E-state index contributed by atoms with van der Waals surface area (Å²) < 4.78 is 13.0. The highest BCUT2D eigenvalue weighted by atomic mass is 35.5. The van der Waals surface area contributed by atoms with Crippen LogP contribution in [0, 0.1) is 5.82 Å². The van der Waals surface area contributed by atoms with Crippen LogP contribution in [0.15, 0.2) is 48.5 Å². The number of nitrogens with zero attached hydrogens (tertiary/aromatic N) is 4. The van der Waals surface area contributed by atoms with Crippen LogP contribution in [0.3, 0.4) is 0 Å². The second-order valence-electron chi connectivity index (χ2n) is 6.64. The summed E-state index contributed by atoms with van der Waals surface area (Å²) in [4.78, 5) is 16.4. The van der Waals surface area contributed by atoms with Crippen molar-refractivity contribution in [3.05, 3.63) is 75.5 Å². The van der Waals surface area contributed by atoms with Crippen molar-refractivity contribution in [1.29, 1.82) is 0 Å². The molecule has 1 saturated heterocycles. The summed E-state index contributed by atoms with van der Waals surface area (Å²) >= 11 is 7.39. The smallest absolute Gasteiger partial charge is 0.242 e. The molecule has 0 radical (unpaired) electrons. The predicted molar refractivity (Wildman–Crippen MR) is 108 cm³/mol. The summed E-state index contributed by atoms with van der Waals surface area (Å²) in [5.41, 5.74) is 2.04. The zero-order chi connectivity index (χ0) is 19.5. The van der Waals surface area contributed by atoms with Gasteiger partial charge in [-0.1, -0.05) is 47.2 Å². The van der Waals surface area contributed by atoms with Crippen molar-refractivity contribution in [2.24, 2.45) is 0 Å². The molecule has 0 spiro atoms. The summed E-state index contributed by atoms with van der Waals surface area (Å²) in [5.74, 6) is -0.187. The lowest BCUT2D eigenvalue weighted by Gasteiger charge is -2.34. The number of rotatable bonds is 5. The van der Waals surface area contributed by atoms with Crippen LogP contribution in [0.4, 0.5) is 9.52 Å². The van der Waals surface area contributed by atoms with Gasteiger partial charge in [0.2, 0.25) is 11.0 Å². The number of carbonyl (C=O) groups is 1. The third-order valence-corrected chi connectivity index (χ3v) is 5.84. The maximum atomic E-state index is 13.0. The van der Waals surface area contributed by atoms with E-state index in [1.807, 2.05) is 34.1 Å². The van der Waals surface area contributed by atoms with Crippen molar-refractivity contribution in [3.63, 3.8) is 0 Å². The molecule has 4 rings (SSSR count). The van der Waals surface area contributed by atoms with E-state index in [1.165, 1.54) is 23.5 Å². The molecule has 1 aliphatic rings. The number of hydrogen-bond acceptors (Lipinski definition) is 5. The van der Waals surface area contributed by atoms with Crippen molar-refractivity contribution in [3.8, 4) is 0 Å². The minimum Gasteiger partial charge on any atom is -0.336 e. The number of amides is 1. The first-order valence-electron chi connectivity index (χ1n) is 8.91. The number of piperazine rings is 1. The van der Waals surface area contributed by atoms with Gasteiger partial charge in [-0.25, -0.2) is 4.39 Å². The van der Waals surface area contributed by atoms with Crippen LogP contribution in [0.1, 0.15) is 16.1 Å². The molecule has 1 fully saturated rings. The first kappa shape index (κ1) is 18.8. The summed E-state index contributed by atoms with van der Waals surface area (Å²) in [5, 5.41) is 10.7. The lowest BCUT2D eigenvalue weighted by Crippen LogP contribution is -2.50. The van der Waals surface area contributed by atoms with Crippen molar-refractivity contribution >= 4 is 34.0 Å². The summed E-state index contributed by atoms with van der Waals surface area (Å²) in [7, 11) is 0. The van der Waals surface area contributed by atoms with Gasteiger partial charge in [-0.15, -0.1) is 10.2 Å².